The van der Waals surface area contributed by atoms with Crippen molar-refractivity contribution < 1.29 is 42.5 Å². The zero-order valence-electron chi connectivity index (χ0n) is 22.8. The fourth-order valence-electron chi connectivity index (χ4n) is 4.97. The molecule has 3 aromatic rings. The molecule has 0 amide bonds. The Kier molecular flexibility index (Phi) is 9.92. The van der Waals surface area contributed by atoms with E-state index in [0.717, 1.165) is 0 Å². The van der Waals surface area contributed by atoms with Gasteiger partial charge in [0, 0.05) is 27.1 Å². The topological polar surface area (TPSA) is 236 Å². The summed E-state index contributed by atoms with van der Waals surface area (Å²) in [5, 5.41) is 9.93. The van der Waals surface area contributed by atoms with E-state index in [-0.39, 0.29) is 18.2 Å². The van der Waals surface area contributed by atoms with Crippen LogP contribution in [0.1, 0.15) is 12.5 Å². The predicted molar refractivity (Wildman–Crippen MR) is 148 cm³/mol. The van der Waals surface area contributed by atoms with Crippen LogP contribution in [0.4, 0.5) is 11.6 Å². The van der Waals surface area contributed by atoms with Crippen LogP contribution >= 0.6 is 17.4 Å². The maximum Gasteiger partial charge on any atom is 0.351 e. The monoisotopic (exact) mass is 630 g/mol. The molecule has 0 spiro atoms. The molecule has 18 nitrogen and oxygen atoms in total. The number of imidazole rings is 1. The first-order valence-corrected chi connectivity index (χ1v) is 15.1. The summed E-state index contributed by atoms with van der Waals surface area (Å²) in [4.78, 5) is 38.7. The van der Waals surface area contributed by atoms with Crippen molar-refractivity contribution in [1.29, 1.82) is 0 Å². The molecular weight excluding hydrogens is 598 g/mol. The molecule has 0 aliphatic carbocycles. The van der Waals surface area contributed by atoms with E-state index in [9.17, 15) is 14.8 Å². The third kappa shape index (κ3) is 6.11. The summed E-state index contributed by atoms with van der Waals surface area (Å²) in [5.41, 5.74) is 11.7. The van der Waals surface area contributed by atoms with Crippen LogP contribution < -0.4 is 17.2 Å². The van der Waals surface area contributed by atoms with Crippen molar-refractivity contribution >= 4 is 40.2 Å². The minimum Gasteiger partial charge on any atom is -0.394 e. The lowest BCUT2D eigenvalue weighted by atomic mass is 10.1. The molecule has 0 saturated carbocycles. The van der Waals surface area contributed by atoms with Gasteiger partial charge in [-0.1, -0.05) is 0 Å². The Morgan fingerprint density at radius 2 is 1.76 bits per heavy atom. The Bertz CT molecular complexity index is 1420. The fraction of sp³-hybridized carbons (Fsp3) is 0.591. The first-order valence-electron chi connectivity index (χ1n) is 12.6. The zero-order chi connectivity index (χ0) is 30.0. The average molecular weight is 630 g/mol. The maximum atomic E-state index is 12.4. The molecule has 5 rings (SSSR count). The Morgan fingerprint density at radius 3 is 2.45 bits per heavy atom. The number of aliphatic hydroxyl groups excluding tert-OH is 1. The van der Waals surface area contributed by atoms with Crippen LogP contribution in [0.15, 0.2) is 29.7 Å². The van der Waals surface area contributed by atoms with Gasteiger partial charge in [-0.15, -0.1) is 0 Å². The molecule has 0 bridgehead atoms. The van der Waals surface area contributed by atoms with Crippen LogP contribution in [-0.4, -0.2) is 110 Å². The number of nitrogens with zero attached hydrogens (tertiary/aromatic N) is 6. The highest BCUT2D eigenvalue weighted by molar-refractivity contribution is 7.45. The number of rotatable bonds is 12. The van der Waals surface area contributed by atoms with Gasteiger partial charge >= 0.3 is 5.69 Å². The first-order chi connectivity index (χ1) is 20.3. The number of aromatic nitrogens is 6. The highest BCUT2D eigenvalue weighted by atomic mass is 31.2. The predicted octanol–water partition coefficient (Wildman–Crippen LogP) is -0.706. The van der Waals surface area contributed by atoms with Gasteiger partial charge in [-0.3, -0.25) is 9.13 Å². The van der Waals surface area contributed by atoms with Crippen LogP contribution in [0.25, 0.3) is 11.2 Å². The van der Waals surface area contributed by atoms with Crippen molar-refractivity contribution in [1.82, 2.24) is 29.1 Å². The van der Waals surface area contributed by atoms with Gasteiger partial charge in [-0.05, 0) is 6.07 Å². The molecule has 2 aliphatic rings. The lowest BCUT2D eigenvalue weighted by Crippen LogP contribution is -2.38. The van der Waals surface area contributed by atoms with Gasteiger partial charge in [0.15, 0.2) is 41.3 Å². The molecule has 10 atom stereocenters. The van der Waals surface area contributed by atoms with E-state index in [0.29, 0.717) is 11.2 Å². The third-order valence-electron chi connectivity index (χ3n) is 6.85. The standard InChI is InChI=1S/C22H32N8O10P2/c1-34-16-14(10(6-31)37-20(16)29-5-4-12(23)28-22(29)32)39-41-36-7-11-15(40-42(3)33)17(35-2)21(38-11)30-9-27-13-18(24)25-8-26-19(13)30/h4-5,8-11,14-17,20-21,31,33,41H,6-7H2,1-3H3,(H2,23,28,32)(H2,24,25,26). The van der Waals surface area contributed by atoms with E-state index in [1.807, 2.05) is 0 Å². The number of fused-ring (bicyclic) bond motifs is 1. The molecule has 42 heavy (non-hydrogen) atoms. The molecule has 20 heteroatoms. The van der Waals surface area contributed by atoms with Gasteiger partial charge in [0.2, 0.25) is 0 Å². The van der Waals surface area contributed by atoms with E-state index in [1.165, 1.54) is 50.4 Å². The summed E-state index contributed by atoms with van der Waals surface area (Å²) in [5.74, 6) is 0.282. The number of anilines is 2. The van der Waals surface area contributed by atoms with Gasteiger partial charge in [0.25, 0.3) is 0 Å². The van der Waals surface area contributed by atoms with E-state index in [1.54, 1.807) is 4.57 Å². The summed E-state index contributed by atoms with van der Waals surface area (Å²) in [7, 11) is 0.616. The van der Waals surface area contributed by atoms with Crippen LogP contribution in [0, 0.1) is 0 Å². The molecule has 3 aromatic heterocycles. The van der Waals surface area contributed by atoms with Gasteiger partial charge in [-0.2, -0.15) is 4.98 Å². The molecule has 230 valence electrons. The van der Waals surface area contributed by atoms with Crippen LogP contribution in [-0.2, 0) is 32.5 Å². The Hall–Kier alpha value is -2.47. The van der Waals surface area contributed by atoms with Crippen molar-refractivity contribution in [2.45, 2.75) is 49.1 Å². The highest BCUT2D eigenvalue weighted by Crippen LogP contribution is 2.42. The molecule has 0 radical (unpaired) electrons. The quantitative estimate of drug-likeness (QED) is 0.143. The fourth-order valence-corrected chi connectivity index (χ4v) is 6.28. The summed E-state index contributed by atoms with van der Waals surface area (Å²) >= 11 is 0. The van der Waals surface area contributed by atoms with Gasteiger partial charge in [0.1, 0.15) is 54.3 Å². The number of methoxy groups -OCH3 is 2. The van der Waals surface area contributed by atoms with E-state index >= 15 is 0 Å². The second kappa shape index (κ2) is 13.4. The number of aliphatic hydroxyl groups is 1. The average Bonchev–Trinajstić information content (AvgIpc) is 3.64. The third-order valence-corrected chi connectivity index (χ3v) is 8.05. The number of nitrogen functional groups attached to an aromatic ring is 2. The number of hydrogen-bond donors (Lipinski definition) is 4. The molecule has 2 aliphatic heterocycles. The molecule has 2 fully saturated rings. The van der Waals surface area contributed by atoms with Gasteiger partial charge < -0.3 is 54.0 Å². The molecule has 10 unspecified atom stereocenters. The van der Waals surface area contributed by atoms with Crippen LogP contribution in [0.3, 0.4) is 0 Å². The normalized spacial score (nSPS) is 30.6. The zero-order valence-corrected chi connectivity index (χ0v) is 24.7. The highest BCUT2D eigenvalue weighted by Gasteiger charge is 2.49. The minimum absolute atomic E-state index is 0.00775. The largest absolute Gasteiger partial charge is 0.394 e. The smallest absolute Gasteiger partial charge is 0.351 e. The number of nitrogens with two attached hydrogens (primary N) is 2. The lowest BCUT2D eigenvalue weighted by Gasteiger charge is -2.25. The van der Waals surface area contributed by atoms with E-state index in [2.05, 4.69) is 19.9 Å². The maximum absolute atomic E-state index is 12.4. The van der Waals surface area contributed by atoms with Crippen molar-refractivity contribution in [3.8, 4) is 0 Å². The van der Waals surface area contributed by atoms with Crippen molar-refractivity contribution in [2.24, 2.45) is 0 Å². The Labute approximate surface area is 242 Å². The number of hydrogen-bond acceptors (Lipinski definition) is 16. The van der Waals surface area contributed by atoms with Crippen molar-refractivity contribution in [3.63, 3.8) is 0 Å². The summed E-state index contributed by atoms with van der Waals surface area (Å²) in [6, 6.07) is 1.45. The Balaban J connectivity index is 1.27. The SMILES string of the molecule is COC1C(OPOCC2OC(n3cnc4c(N)ncnc43)C(OC)C2OP(C)O)C(CO)OC1n1ccc(N)nc1=O. The van der Waals surface area contributed by atoms with Crippen molar-refractivity contribution in [2.75, 3.05) is 45.6 Å². The molecule has 0 aromatic carbocycles. The molecule has 2 saturated heterocycles. The first kappa shape index (κ1) is 31.0. The van der Waals surface area contributed by atoms with Crippen LogP contribution in [0.5, 0.6) is 0 Å². The summed E-state index contributed by atoms with van der Waals surface area (Å²) in [6.45, 7) is 1.13. The second-order valence-corrected chi connectivity index (χ2v) is 11.2. The minimum atomic E-state index is -1.78. The van der Waals surface area contributed by atoms with E-state index in [4.69, 9.17) is 44.0 Å². The molecule has 5 heterocycles. The van der Waals surface area contributed by atoms with Gasteiger partial charge in [-0.25, -0.2) is 19.7 Å². The molecular formula is C22H32N8O10P2. The van der Waals surface area contributed by atoms with Crippen molar-refractivity contribution in [3.05, 3.63) is 35.4 Å². The van der Waals surface area contributed by atoms with Crippen LogP contribution in [0.2, 0.25) is 0 Å². The summed E-state index contributed by atoms with van der Waals surface area (Å²) in [6.07, 6.45) is -1.83. The Morgan fingerprint density at radius 1 is 1.05 bits per heavy atom. The van der Waals surface area contributed by atoms with E-state index < -0.39 is 78.8 Å². The molecule has 6 N–H and O–H groups in total. The second-order valence-electron chi connectivity index (χ2n) is 9.35. The summed E-state index contributed by atoms with van der Waals surface area (Å²) < 4.78 is 43.9. The van der Waals surface area contributed by atoms with Gasteiger partial charge in [0.05, 0.1) is 19.5 Å². The lowest BCUT2D eigenvalue weighted by molar-refractivity contribution is -0.0624. The number of ether oxygens (including phenoxy) is 4.